The smallest absolute Gasteiger partial charge is 0.256 e. The highest BCUT2D eigenvalue weighted by Crippen LogP contribution is 2.18. The monoisotopic (exact) mass is 314 g/mol. The highest BCUT2D eigenvalue weighted by Gasteiger charge is 2.28. The third-order valence-electron chi connectivity index (χ3n) is 4.46. The van der Waals surface area contributed by atoms with Crippen molar-refractivity contribution < 1.29 is 9.59 Å². The van der Waals surface area contributed by atoms with Crippen molar-refractivity contribution in [2.75, 3.05) is 26.2 Å². The van der Waals surface area contributed by atoms with Crippen LogP contribution < -0.4 is 5.73 Å². The molecule has 2 heterocycles. The number of hydrogen-bond acceptors (Lipinski definition) is 4. The number of hydrazone groups is 1. The van der Waals surface area contributed by atoms with Crippen LogP contribution in [-0.4, -0.2) is 53.6 Å². The van der Waals surface area contributed by atoms with Gasteiger partial charge in [0.15, 0.2) is 0 Å². The molecule has 0 saturated carbocycles. The number of likely N-dealkylation sites (tertiary alicyclic amines) is 1. The fourth-order valence-electron chi connectivity index (χ4n) is 3.17. The van der Waals surface area contributed by atoms with Gasteiger partial charge in [-0.05, 0) is 24.9 Å². The van der Waals surface area contributed by atoms with Crippen molar-refractivity contribution in [3.05, 3.63) is 35.9 Å². The molecule has 0 unspecified atom stereocenters. The molecular weight excluding hydrogens is 292 g/mol. The van der Waals surface area contributed by atoms with Crippen LogP contribution >= 0.6 is 0 Å². The molecule has 1 fully saturated rings. The summed E-state index contributed by atoms with van der Waals surface area (Å²) >= 11 is 0. The van der Waals surface area contributed by atoms with Crippen LogP contribution in [0.4, 0.5) is 0 Å². The summed E-state index contributed by atoms with van der Waals surface area (Å²) in [6.45, 7) is 2.33. The van der Waals surface area contributed by atoms with Crippen LogP contribution in [-0.2, 0) is 9.59 Å². The average Bonchev–Trinajstić information content (AvgIpc) is 3.06. The lowest BCUT2D eigenvalue weighted by molar-refractivity contribution is -0.133. The molecule has 0 spiro atoms. The van der Waals surface area contributed by atoms with Crippen LogP contribution in [0.15, 0.2) is 35.4 Å². The van der Waals surface area contributed by atoms with Crippen molar-refractivity contribution in [2.45, 2.75) is 19.3 Å². The van der Waals surface area contributed by atoms with Gasteiger partial charge in [0.05, 0.1) is 24.7 Å². The molecule has 122 valence electrons. The van der Waals surface area contributed by atoms with E-state index in [9.17, 15) is 9.59 Å². The number of nitrogens with two attached hydrogens (primary N) is 1. The number of nitrogens with zero attached hydrogens (tertiary/aromatic N) is 3. The Labute approximate surface area is 135 Å². The number of benzene rings is 1. The molecule has 1 aromatic rings. The molecule has 0 aliphatic carbocycles. The normalized spacial score (nSPS) is 22.0. The molecular formula is C17H22N4O2. The maximum absolute atomic E-state index is 12.4. The van der Waals surface area contributed by atoms with Gasteiger partial charge in [-0.2, -0.15) is 5.10 Å². The summed E-state index contributed by atoms with van der Waals surface area (Å²) in [5.74, 6) is -0.424. The molecule has 6 nitrogen and oxygen atoms in total. The van der Waals surface area contributed by atoms with Gasteiger partial charge in [0.1, 0.15) is 0 Å². The van der Waals surface area contributed by atoms with Crippen LogP contribution in [0, 0.1) is 5.92 Å². The van der Waals surface area contributed by atoms with Gasteiger partial charge in [-0.1, -0.05) is 30.3 Å². The Morgan fingerprint density at radius 3 is 2.74 bits per heavy atom. The second-order valence-corrected chi connectivity index (χ2v) is 6.16. The standard InChI is InChI=1S/C17H22N4O2/c18-17(23)14-7-4-9-20(11-14)12-16(22)21-10-8-15(19-21)13-5-2-1-3-6-13/h1-3,5-6,14H,4,7-12H2,(H2,18,23)/t14-/m1/s1. The van der Waals surface area contributed by atoms with Crippen molar-refractivity contribution in [3.63, 3.8) is 0 Å². The zero-order chi connectivity index (χ0) is 16.2. The topological polar surface area (TPSA) is 79.0 Å². The SMILES string of the molecule is NC(=O)[C@@H]1CCCN(CC(=O)N2CCC(c3ccccc3)=N2)C1. The van der Waals surface area contributed by atoms with Crippen molar-refractivity contribution in [2.24, 2.45) is 16.8 Å². The van der Waals surface area contributed by atoms with E-state index in [1.165, 1.54) is 0 Å². The Morgan fingerprint density at radius 2 is 2.00 bits per heavy atom. The molecule has 2 aliphatic heterocycles. The van der Waals surface area contributed by atoms with Crippen LogP contribution in [0.1, 0.15) is 24.8 Å². The van der Waals surface area contributed by atoms with Gasteiger partial charge in [-0.15, -0.1) is 0 Å². The maximum atomic E-state index is 12.4. The predicted octanol–water partition coefficient (Wildman–Crippen LogP) is 0.820. The number of primary amides is 1. The van der Waals surface area contributed by atoms with E-state index >= 15 is 0 Å². The van der Waals surface area contributed by atoms with Gasteiger partial charge in [0.2, 0.25) is 5.91 Å². The summed E-state index contributed by atoms with van der Waals surface area (Å²) in [6.07, 6.45) is 2.50. The number of amides is 2. The number of rotatable bonds is 4. The Balaban J connectivity index is 1.59. The molecule has 3 rings (SSSR count). The summed E-state index contributed by atoms with van der Waals surface area (Å²) in [7, 11) is 0. The molecule has 1 aromatic carbocycles. The minimum absolute atomic E-state index is 0.0129. The van der Waals surface area contributed by atoms with Crippen LogP contribution in [0.25, 0.3) is 0 Å². The first-order valence-corrected chi connectivity index (χ1v) is 8.08. The van der Waals surface area contributed by atoms with Crippen LogP contribution in [0.3, 0.4) is 0 Å². The van der Waals surface area contributed by atoms with E-state index in [-0.39, 0.29) is 17.7 Å². The summed E-state index contributed by atoms with van der Waals surface area (Å²) in [5.41, 5.74) is 7.40. The van der Waals surface area contributed by atoms with E-state index in [2.05, 4.69) is 5.10 Å². The zero-order valence-electron chi connectivity index (χ0n) is 13.1. The first-order chi connectivity index (χ1) is 11.1. The van der Waals surface area contributed by atoms with Crippen LogP contribution in [0.2, 0.25) is 0 Å². The Bertz CT molecular complexity index is 614. The van der Waals surface area contributed by atoms with E-state index in [1.54, 1.807) is 5.01 Å². The Kier molecular flexibility index (Phi) is 4.71. The summed E-state index contributed by atoms with van der Waals surface area (Å²) < 4.78 is 0. The first kappa shape index (κ1) is 15.7. The summed E-state index contributed by atoms with van der Waals surface area (Å²) in [6, 6.07) is 9.93. The van der Waals surface area contributed by atoms with Gasteiger partial charge in [0, 0.05) is 13.0 Å². The summed E-state index contributed by atoms with van der Waals surface area (Å²) in [5, 5.41) is 6.01. The van der Waals surface area contributed by atoms with Crippen molar-refractivity contribution in [1.82, 2.24) is 9.91 Å². The molecule has 0 aromatic heterocycles. The second-order valence-electron chi connectivity index (χ2n) is 6.16. The van der Waals surface area contributed by atoms with Crippen LogP contribution in [0.5, 0.6) is 0 Å². The van der Waals surface area contributed by atoms with E-state index in [0.29, 0.717) is 19.6 Å². The minimum atomic E-state index is -0.271. The zero-order valence-corrected chi connectivity index (χ0v) is 13.1. The van der Waals surface area contributed by atoms with E-state index in [4.69, 9.17) is 5.73 Å². The third kappa shape index (κ3) is 3.76. The van der Waals surface area contributed by atoms with Crippen molar-refractivity contribution in [1.29, 1.82) is 0 Å². The molecule has 23 heavy (non-hydrogen) atoms. The second kappa shape index (κ2) is 6.91. The summed E-state index contributed by atoms with van der Waals surface area (Å²) in [4.78, 5) is 25.8. The predicted molar refractivity (Wildman–Crippen MR) is 87.7 cm³/mol. The molecule has 1 atom stereocenters. The van der Waals surface area contributed by atoms with Gasteiger partial charge in [0.25, 0.3) is 5.91 Å². The average molecular weight is 314 g/mol. The van der Waals surface area contributed by atoms with Gasteiger partial charge < -0.3 is 5.73 Å². The Hall–Kier alpha value is -2.21. The largest absolute Gasteiger partial charge is 0.369 e. The number of carbonyl (C=O) groups excluding carboxylic acids is 2. The molecule has 2 amide bonds. The van der Waals surface area contributed by atoms with E-state index in [0.717, 1.165) is 37.1 Å². The molecule has 6 heteroatoms. The maximum Gasteiger partial charge on any atom is 0.256 e. The highest BCUT2D eigenvalue weighted by atomic mass is 16.2. The molecule has 2 aliphatic rings. The quantitative estimate of drug-likeness (QED) is 0.893. The van der Waals surface area contributed by atoms with Crippen molar-refractivity contribution in [3.8, 4) is 0 Å². The Morgan fingerprint density at radius 1 is 1.22 bits per heavy atom. The van der Waals surface area contributed by atoms with Gasteiger partial charge in [-0.25, -0.2) is 5.01 Å². The number of hydrogen-bond donors (Lipinski definition) is 1. The number of piperidine rings is 1. The lowest BCUT2D eigenvalue weighted by Crippen LogP contribution is -2.45. The minimum Gasteiger partial charge on any atom is -0.369 e. The van der Waals surface area contributed by atoms with Gasteiger partial charge >= 0.3 is 0 Å². The lowest BCUT2D eigenvalue weighted by atomic mass is 9.97. The third-order valence-corrected chi connectivity index (χ3v) is 4.46. The molecule has 0 bridgehead atoms. The molecule has 0 radical (unpaired) electrons. The van der Waals surface area contributed by atoms with E-state index < -0.39 is 0 Å². The fourth-order valence-corrected chi connectivity index (χ4v) is 3.17. The first-order valence-electron chi connectivity index (χ1n) is 8.08. The highest BCUT2D eigenvalue weighted by molar-refractivity contribution is 6.02. The molecule has 2 N–H and O–H groups in total. The number of carbonyl (C=O) groups is 2. The molecule has 1 saturated heterocycles. The van der Waals surface area contributed by atoms with Gasteiger partial charge in [-0.3, -0.25) is 14.5 Å². The lowest BCUT2D eigenvalue weighted by Gasteiger charge is -2.31. The van der Waals surface area contributed by atoms with Crippen molar-refractivity contribution >= 4 is 17.5 Å². The fraction of sp³-hybridized carbons (Fsp3) is 0.471. The van der Waals surface area contributed by atoms with E-state index in [1.807, 2.05) is 35.2 Å².